The molecule has 0 spiro atoms. The molecule has 0 aliphatic carbocycles. The van der Waals surface area contributed by atoms with Crippen LogP contribution < -0.4 is 10.6 Å². The molecule has 3 atom stereocenters. The normalized spacial score (nSPS) is 25.4. The van der Waals surface area contributed by atoms with Gasteiger partial charge >= 0.3 is 0 Å². The van der Waals surface area contributed by atoms with Crippen LogP contribution in [-0.4, -0.2) is 43.8 Å². The van der Waals surface area contributed by atoms with Crippen molar-refractivity contribution in [2.24, 2.45) is 0 Å². The van der Waals surface area contributed by atoms with E-state index in [1.54, 1.807) is 18.6 Å². The zero-order chi connectivity index (χ0) is 16.1. The topological polar surface area (TPSA) is 97.9 Å². The lowest BCUT2D eigenvalue weighted by molar-refractivity contribution is 0.0926. The molecule has 122 valence electrons. The molecule has 0 saturated carbocycles. The SMILES string of the molecule is O=C(N[C@@H]1C[C@H]2CC[C@@H]1N2)c1cc2cc(-n3cncn3)oc2cn1. The first-order valence-corrected chi connectivity index (χ1v) is 8.08. The molecule has 0 aromatic carbocycles. The summed E-state index contributed by atoms with van der Waals surface area (Å²) in [5.74, 6) is 0.402. The van der Waals surface area contributed by atoms with Gasteiger partial charge in [-0.3, -0.25) is 4.79 Å². The highest BCUT2D eigenvalue weighted by atomic mass is 16.4. The zero-order valence-electron chi connectivity index (χ0n) is 12.8. The minimum Gasteiger partial charge on any atom is -0.437 e. The molecule has 0 unspecified atom stereocenters. The van der Waals surface area contributed by atoms with Crippen LogP contribution in [0.2, 0.25) is 0 Å². The van der Waals surface area contributed by atoms with Crippen LogP contribution in [0.5, 0.6) is 0 Å². The van der Waals surface area contributed by atoms with Gasteiger partial charge in [-0.05, 0) is 25.3 Å². The van der Waals surface area contributed by atoms with Gasteiger partial charge in [0.25, 0.3) is 5.91 Å². The second-order valence-electron chi connectivity index (χ2n) is 6.40. The molecule has 2 N–H and O–H groups in total. The average Bonchev–Trinajstić information content (AvgIpc) is 3.35. The van der Waals surface area contributed by atoms with Gasteiger partial charge in [-0.15, -0.1) is 0 Å². The van der Waals surface area contributed by atoms with Gasteiger partial charge in [0.2, 0.25) is 5.88 Å². The van der Waals surface area contributed by atoms with Crippen molar-refractivity contribution >= 4 is 16.9 Å². The van der Waals surface area contributed by atoms with Gasteiger partial charge in [-0.25, -0.2) is 9.97 Å². The number of amides is 1. The third-order valence-corrected chi connectivity index (χ3v) is 4.88. The third-order valence-electron chi connectivity index (χ3n) is 4.88. The Kier molecular flexibility index (Phi) is 2.93. The highest BCUT2D eigenvalue weighted by Crippen LogP contribution is 2.28. The Morgan fingerprint density at radius 3 is 3.08 bits per heavy atom. The van der Waals surface area contributed by atoms with Gasteiger partial charge in [0.1, 0.15) is 18.3 Å². The molecular weight excluding hydrogens is 308 g/mol. The molecule has 5 rings (SSSR count). The van der Waals surface area contributed by atoms with Crippen molar-refractivity contribution in [1.29, 1.82) is 0 Å². The summed E-state index contributed by atoms with van der Waals surface area (Å²) in [5, 5.41) is 11.5. The van der Waals surface area contributed by atoms with Crippen LogP contribution in [-0.2, 0) is 0 Å². The molecule has 1 amide bonds. The van der Waals surface area contributed by atoms with Crippen LogP contribution >= 0.6 is 0 Å². The minimum atomic E-state index is -0.139. The van der Waals surface area contributed by atoms with Crippen molar-refractivity contribution in [3.8, 4) is 5.88 Å². The summed E-state index contributed by atoms with van der Waals surface area (Å²) < 4.78 is 7.21. The van der Waals surface area contributed by atoms with Gasteiger partial charge < -0.3 is 15.1 Å². The molecule has 8 heteroatoms. The van der Waals surface area contributed by atoms with Gasteiger partial charge in [-0.2, -0.15) is 9.78 Å². The number of pyridine rings is 1. The molecule has 24 heavy (non-hydrogen) atoms. The van der Waals surface area contributed by atoms with E-state index in [2.05, 4.69) is 25.7 Å². The molecule has 2 fully saturated rings. The summed E-state index contributed by atoms with van der Waals surface area (Å²) in [4.78, 5) is 20.6. The van der Waals surface area contributed by atoms with E-state index in [9.17, 15) is 4.79 Å². The van der Waals surface area contributed by atoms with Crippen molar-refractivity contribution in [2.45, 2.75) is 37.4 Å². The van der Waals surface area contributed by atoms with E-state index >= 15 is 0 Å². The fourth-order valence-corrected chi connectivity index (χ4v) is 3.72. The van der Waals surface area contributed by atoms with Crippen LogP contribution in [0.25, 0.3) is 16.9 Å². The van der Waals surface area contributed by atoms with E-state index in [1.807, 2.05) is 6.07 Å². The maximum Gasteiger partial charge on any atom is 0.270 e. The number of carbonyl (C=O) groups is 1. The fourth-order valence-electron chi connectivity index (χ4n) is 3.72. The van der Waals surface area contributed by atoms with Crippen molar-refractivity contribution in [1.82, 2.24) is 30.4 Å². The van der Waals surface area contributed by atoms with E-state index in [0.29, 0.717) is 29.2 Å². The second-order valence-corrected chi connectivity index (χ2v) is 6.40. The van der Waals surface area contributed by atoms with E-state index in [1.165, 1.54) is 17.4 Å². The first-order chi connectivity index (χ1) is 11.8. The number of rotatable bonds is 3. The van der Waals surface area contributed by atoms with E-state index < -0.39 is 0 Å². The quantitative estimate of drug-likeness (QED) is 0.747. The number of hydrogen-bond donors (Lipinski definition) is 2. The predicted octanol–water partition coefficient (Wildman–Crippen LogP) is 1.03. The first kappa shape index (κ1) is 13.7. The van der Waals surface area contributed by atoms with Crippen LogP contribution in [0.1, 0.15) is 29.8 Å². The summed E-state index contributed by atoms with van der Waals surface area (Å²) in [5.41, 5.74) is 1.01. The molecule has 8 nitrogen and oxygen atoms in total. The third kappa shape index (κ3) is 2.18. The number of nitrogens with zero attached hydrogens (tertiary/aromatic N) is 4. The standard InChI is InChI=1S/C16H16N6O2/c23-16(21-12-5-10-1-2-11(12)20-10)13-3-9-4-15(22-8-17-7-19-22)24-14(9)6-18-13/h3-4,6-8,10-12,20H,1-2,5H2,(H,21,23)/t10-,11+,12-/m1/s1. The van der Waals surface area contributed by atoms with Gasteiger partial charge in [0.15, 0.2) is 5.58 Å². The summed E-state index contributed by atoms with van der Waals surface area (Å²) in [6.07, 6.45) is 7.91. The summed E-state index contributed by atoms with van der Waals surface area (Å²) >= 11 is 0. The zero-order valence-corrected chi connectivity index (χ0v) is 12.8. The monoisotopic (exact) mass is 324 g/mol. The maximum absolute atomic E-state index is 12.5. The van der Waals surface area contributed by atoms with E-state index in [4.69, 9.17) is 4.42 Å². The maximum atomic E-state index is 12.5. The number of nitrogens with one attached hydrogen (secondary N) is 2. The number of furan rings is 1. The number of carbonyl (C=O) groups excluding carboxylic acids is 1. The van der Waals surface area contributed by atoms with Gasteiger partial charge in [0, 0.05) is 29.6 Å². The predicted molar refractivity (Wildman–Crippen MR) is 84.7 cm³/mol. The Bertz CT molecular complexity index is 903. The largest absolute Gasteiger partial charge is 0.437 e. The van der Waals surface area contributed by atoms with Crippen LogP contribution in [0.4, 0.5) is 0 Å². The molecule has 2 aliphatic heterocycles. The first-order valence-electron chi connectivity index (χ1n) is 8.08. The van der Waals surface area contributed by atoms with Crippen molar-refractivity contribution < 1.29 is 9.21 Å². The van der Waals surface area contributed by atoms with Crippen LogP contribution in [0.3, 0.4) is 0 Å². The molecule has 2 bridgehead atoms. The van der Waals surface area contributed by atoms with E-state index in [0.717, 1.165) is 18.2 Å². The lowest BCUT2D eigenvalue weighted by atomic mass is 9.95. The van der Waals surface area contributed by atoms with Crippen molar-refractivity contribution in [3.05, 3.63) is 36.7 Å². The average molecular weight is 324 g/mol. The Labute approximate surface area is 137 Å². The minimum absolute atomic E-state index is 0.139. The number of aromatic nitrogens is 4. The Morgan fingerprint density at radius 2 is 2.33 bits per heavy atom. The van der Waals surface area contributed by atoms with Crippen LogP contribution in [0.15, 0.2) is 35.4 Å². The highest BCUT2D eigenvalue weighted by molar-refractivity contribution is 5.96. The lowest BCUT2D eigenvalue weighted by Crippen LogP contribution is -2.43. The molecule has 3 aromatic heterocycles. The Morgan fingerprint density at radius 1 is 1.38 bits per heavy atom. The van der Waals surface area contributed by atoms with E-state index in [-0.39, 0.29) is 11.9 Å². The molecule has 0 radical (unpaired) electrons. The van der Waals surface area contributed by atoms with Crippen LogP contribution in [0, 0.1) is 0 Å². The number of hydrogen-bond acceptors (Lipinski definition) is 6. The molecule has 3 aromatic rings. The summed E-state index contributed by atoms with van der Waals surface area (Å²) in [7, 11) is 0. The van der Waals surface area contributed by atoms with Crippen molar-refractivity contribution in [3.63, 3.8) is 0 Å². The Hall–Kier alpha value is -2.74. The smallest absolute Gasteiger partial charge is 0.270 e. The van der Waals surface area contributed by atoms with Gasteiger partial charge in [-0.1, -0.05) is 0 Å². The highest BCUT2D eigenvalue weighted by Gasteiger charge is 2.39. The second kappa shape index (κ2) is 5.13. The summed E-state index contributed by atoms with van der Waals surface area (Å²) in [6, 6.07) is 4.71. The van der Waals surface area contributed by atoms with Crippen molar-refractivity contribution in [2.75, 3.05) is 0 Å². The molecule has 2 aliphatic rings. The number of fused-ring (bicyclic) bond motifs is 3. The Balaban J connectivity index is 1.39. The molecule has 2 saturated heterocycles. The fraction of sp³-hybridized carbons (Fsp3) is 0.375. The lowest BCUT2D eigenvalue weighted by Gasteiger charge is -2.21. The summed E-state index contributed by atoms with van der Waals surface area (Å²) in [6.45, 7) is 0. The molecule has 5 heterocycles. The van der Waals surface area contributed by atoms with Gasteiger partial charge in [0.05, 0.1) is 6.20 Å². The molecular formula is C16H16N6O2.